The van der Waals surface area contributed by atoms with Crippen molar-refractivity contribution in [3.8, 4) is 0 Å². The van der Waals surface area contributed by atoms with Crippen LogP contribution in [0.3, 0.4) is 0 Å². The van der Waals surface area contributed by atoms with Gasteiger partial charge in [0.05, 0.1) is 0 Å². The van der Waals surface area contributed by atoms with E-state index < -0.39 is 0 Å². The Hall–Kier alpha value is -0.610. The molecule has 2 atom stereocenters. The van der Waals surface area contributed by atoms with Gasteiger partial charge >= 0.3 is 0 Å². The average Bonchev–Trinajstić information content (AvgIpc) is 2.12. The molecule has 0 aromatic carbocycles. The summed E-state index contributed by atoms with van der Waals surface area (Å²) in [6, 6.07) is 1.06. The second kappa shape index (κ2) is 5.32. The lowest BCUT2D eigenvalue weighted by molar-refractivity contribution is -0.121. The molecule has 1 fully saturated rings. The Morgan fingerprint density at radius 2 is 2.00 bits per heavy atom. The lowest BCUT2D eigenvalue weighted by Gasteiger charge is -2.35. The molecule has 0 aromatic heterocycles. The molecule has 82 valence electrons. The monoisotopic (exact) mass is 199 g/mol. The summed E-state index contributed by atoms with van der Waals surface area (Å²) in [5, 5.41) is 6.11. The molecule has 1 rings (SSSR count). The first-order chi connectivity index (χ1) is 6.61. The van der Waals surface area contributed by atoms with Crippen LogP contribution in [-0.4, -0.2) is 49.6 Å². The molecule has 4 nitrogen and oxygen atoms in total. The third-order valence-corrected chi connectivity index (χ3v) is 2.57. The zero-order valence-corrected chi connectivity index (χ0v) is 9.34. The van der Waals surface area contributed by atoms with Gasteiger partial charge in [-0.05, 0) is 13.8 Å². The lowest BCUT2D eigenvalue weighted by atomic mass is 10.1. The van der Waals surface area contributed by atoms with Gasteiger partial charge in [-0.25, -0.2) is 0 Å². The summed E-state index contributed by atoms with van der Waals surface area (Å²) < 4.78 is 0. The predicted molar refractivity (Wildman–Crippen MR) is 57.2 cm³/mol. The third kappa shape index (κ3) is 3.64. The van der Waals surface area contributed by atoms with E-state index in [-0.39, 0.29) is 5.91 Å². The van der Waals surface area contributed by atoms with Crippen molar-refractivity contribution in [1.29, 1.82) is 0 Å². The van der Waals surface area contributed by atoms with Crippen molar-refractivity contribution in [3.63, 3.8) is 0 Å². The van der Waals surface area contributed by atoms with Crippen molar-refractivity contribution in [1.82, 2.24) is 15.5 Å². The Balaban J connectivity index is 2.26. The molecular weight excluding hydrogens is 178 g/mol. The van der Waals surface area contributed by atoms with Crippen LogP contribution >= 0.6 is 0 Å². The maximum Gasteiger partial charge on any atom is 0.221 e. The molecule has 0 bridgehead atoms. The number of amides is 1. The van der Waals surface area contributed by atoms with Crippen LogP contribution in [0, 0.1) is 0 Å². The molecule has 0 saturated carbocycles. The van der Waals surface area contributed by atoms with Crippen LogP contribution in [0.5, 0.6) is 0 Å². The summed E-state index contributed by atoms with van der Waals surface area (Å²) in [6.07, 6.45) is 0.607. The van der Waals surface area contributed by atoms with Gasteiger partial charge in [0.15, 0.2) is 0 Å². The fraction of sp³-hybridized carbons (Fsp3) is 0.900. The number of hydrogen-bond acceptors (Lipinski definition) is 3. The highest BCUT2D eigenvalue weighted by molar-refractivity contribution is 5.75. The molecule has 1 heterocycles. The quantitative estimate of drug-likeness (QED) is 0.662. The summed E-state index contributed by atoms with van der Waals surface area (Å²) in [5.41, 5.74) is 0. The van der Waals surface area contributed by atoms with Crippen LogP contribution in [0.1, 0.15) is 20.3 Å². The van der Waals surface area contributed by atoms with Crippen LogP contribution in [0.4, 0.5) is 0 Å². The van der Waals surface area contributed by atoms with E-state index >= 15 is 0 Å². The summed E-state index contributed by atoms with van der Waals surface area (Å²) in [7, 11) is 1.69. The molecule has 2 N–H and O–H groups in total. The minimum absolute atomic E-state index is 0.129. The molecule has 0 unspecified atom stereocenters. The van der Waals surface area contributed by atoms with Gasteiger partial charge in [-0.1, -0.05) is 0 Å². The van der Waals surface area contributed by atoms with Crippen molar-refractivity contribution >= 4 is 5.91 Å². The molecule has 14 heavy (non-hydrogen) atoms. The lowest BCUT2D eigenvalue weighted by Crippen LogP contribution is -2.54. The predicted octanol–water partition coefficient (Wildman–Crippen LogP) is -0.195. The largest absolute Gasteiger partial charge is 0.359 e. The normalized spacial score (nSPS) is 28.8. The Labute approximate surface area is 86.0 Å². The molecule has 1 aliphatic rings. The highest BCUT2D eigenvalue weighted by atomic mass is 16.1. The number of nitrogens with zero attached hydrogens (tertiary/aromatic N) is 1. The summed E-state index contributed by atoms with van der Waals surface area (Å²) >= 11 is 0. The summed E-state index contributed by atoms with van der Waals surface area (Å²) in [5.74, 6) is 0.129. The van der Waals surface area contributed by atoms with Gasteiger partial charge in [-0.2, -0.15) is 0 Å². The minimum Gasteiger partial charge on any atom is -0.359 e. The molecule has 0 aliphatic carbocycles. The van der Waals surface area contributed by atoms with Gasteiger partial charge in [0.2, 0.25) is 5.91 Å². The fourth-order valence-corrected chi connectivity index (χ4v) is 2.01. The molecular formula is C10H21N3O. The van der Waals surface area contributed by atoms with E-state index in [0.717, 1.165) is 19.6 Å². The van der Waals surface area contributed by atoms with Gasteiger partial charge in [-0.15, -0.1) is 0 Å². The SMILES string of the molecule is CNC(=O)CCN1C[C@@H](C)N[C@@H](C)C1. The third-order valence-electron chi connectivity index (χ3n) is 2.57. The van der Waals surface area contributed by atoms with Crippen LogP contribution in [0.15, 0.2) is 0 Å². The number of carbonyl (C=O) groups is 1. The maximum atomic E-state index is 11.1. The van der Waals surface area contributed by atoms with Crippen molar-refractivity contribution in [2.24, 2.45) is 0 Å². The molecule has 4 heteroatoms. The van der Waals surface area contributed by atoms with E-state index in [2.05, 4.69) is 29.4 Å². The molecule has 0 aromatic rings. The smallest absolute Gasteiger partial charge is 0.221 e. The zero-order chi connectivity index (χ0) is 10.6. The maximum absolute atomic E-state index is 11.1. The number of rotatable bonds is 3. The number of piperazine rings is 1. The van der Waals surface area contributed by atoms with Gasteiger partial charge in [0.1, 0.15) is 0 Å². The van der Waals surface area contributed by atoms with E-state index in [4.69, 9.17) is 0 Å². The van der Waals surface area contributed by atoms with Crippen LogP contribution in [0.2, 0.25) is 0 Å². The van der Waals surface area contributed by atoms with E-state index in [9.17, 15) is 4.79 Å². The topological polar surface area (TPSA) is 44.4 Å². The van der Waals surface area contributed by atoms with Gasteiger partial charge in [0, 0.05) is 45.2 Å². The van der Waals surface area contributed by atoms with Crippen LogP contribution in [-0.2, 0) is 4.79 Å². The molecule has 1 aliphatic heterocycles. The molecule has 0 spiro atoms. The average molecular weight is 199 g/mol. The zero-order valence-electron chi connectivity index (χ0n) is 9.34. The Morgan fingerprint density at radius 3 is 2.50 bits per heavy atom. The summed E-state index contributed by atoms with van der Waals surface area (Å²) in [6.45, 7) is 7.32. The highest BCUT2D eigenvalue weighted by Crippen LogP contribution is 2.04. The highest BCUT2D eigenvalue weighted by Gasteiger charge is 2.20. The number of nitrogens with one attached hydrogen (secondary N) is 2. The van der Waals surface area contributed by atoms with Gasteiger partial charge in [-0.3, -0.25) is 9.69 Å². The fourth-order valence-electron chi connectivity index (χ4n) is 2.01. The summed E-state index contributed by atoms with van der Waals surface area (Å²) in [4.78, 5) is 13.4. The number of carbonyl (C=O) groups excluding carboxylic acids is 1. The standard InChI is InChI=1S/C10H21N3O/c1-8-6-13(7-9(2)12-8)5-4-10(14)11-3/h8-9,12H,4-7H2,1-3H3,(H,11,14)/t8-,9+. The molecule has 1 saturated heterocycles. The van der Waals surface area contributed by atoms with Crippen molar-refractivity contribution in [3.05, 3.63) is 0 Å². The first-order valence-corrected chi connectivity index (χ1v) is 5.30. The van der Waals surface area contributed by atoms with E-state index in [1.165, 1.54) is 0 Å². The van der Waals surface area contributed by atoms with E-state index in [1.807, 2.05) is 0 Å². The first kappa shape index (κ1) is 11.5. The first-order valence-electron chi connectivity index (χ1n) is 5.30. The van der Waals surface area contributed by atoms with Gasteiger partial charge < -0.3 is 10.6 Å². The Kier molecular flexibility index (Phi) is 4.35. The van der Waals surface area contributed by atoms with Gasteiger partial charge in [0.25, 0.3) is 0 Å². The van der Waals surface area contributed by atoms with E-state index in [0.29, 0.717) is 18.5 Å². The van der Waals surface area contributed by atoms with Crippen molar-refractivity contribution < 1.29 is 4.79 Å². The van der Waals surface area contributed by atoms with Crippen LogP contribution < -0.4 is 10.6 Å². The molecule has 1 amide bonds. The number of hydrogen-bond donors (Lipinski definition) is 2. The Morgan fingerprint density at radius 1 is 1.43 bits per heavy atom. The van der Waals surface area contributed by atoms with Crippen LogP contribution in [0.25, 0.3) is 0 Å². The van der Waals surface area contributed by atoms with Crippen molar-refractivity contribution in [2.45, 2.75) is 32.4 Å². The second-order valence-electron chi connectivity index (χ2n) is 4.15. The minimum atomic E-state index is 0.129. The van der Waals surface area contributed by atoms with E-state index in [1.54, 1.807) is 7.05 Å². The Bertz CT molecular complexity index is 186. The molecule has 0 radical (unpaired) electrons. The van der Waals surface area contributed by atoms with Crippen molar-refractivity contribution in [2.75, 3.05) is 26.7 Å². The second-order valence-corrected chi connectivity index (χ2v) is 4.15.